The summed E-state index contributed by atoms with van der Waals surface area (Å²) in [6, 6.07) is 8.76. The van der Waals surface area contributed by atoms with Crippen LogP contribution in [0.4, 0.5) is 0 Å². The Balaban J connectivity index is 2.24. The Labute approximate surface area is 115 Å². The predicted octanol–water partition coefficient (Wildman–Crippen LogP) is 3.25. The van der Waals surface area contributed by atoms with Crippen molar-refractivity contribution in [3.05, 3.63) is 29.8 Å². The molecule has 0 atom stereocenters. The summed E-state index contributed by atoms with van der Waals surface area (Å²) in [5.41, 5.74) is 1.38. The first-order chi connectivity index (χ1) is 8.61. The fourth-order valence-electron chi connectivity index (χ4n) is 1.82. The van der Waals surface area contributed by atoms with Gasteiger partial charge in [0.25, 0.3) is 0 Å². The first-order valence-electron chi connectivity index (χ1n) is 6.42. The van der Waals surface area contributed by atoms with Crippen molar-refractivity contribution in [1.82, 2.24) is 4.90 Å². The first-order valence-corrected chi connectivity index (χ1v) is 7.65. The summed E-state index contributed by atoms with van der Waals surface area (Å²) < 4.78 is 0. The molecule has 0 unspecified atom stereocenters. The summed E-state index contributed by atoms with van der Waals surface area (Å²) in [6.07, 6.45) is 4.84. The van der Waals surface area contributed by atoms with Gasteiger partial charge in [0, 0.05) is 17.9 Å². The normalized spacial score (nSPS) is 10.9. The standard InChI is InChI=1S/C15H23NOS/c1-13(17)5-4-11-16(2)12-10-14-6-8-15(18-3)9-7-14/h6-9H,4-5,10-12H2,1-3H3. The number of ketones is 1. The lowest BCUT2D eigenvalue weighted by molar-refractivity contribution is -0.117. The Bertz CT molecular complexity index is 361. The van der Waals surface area contributed by atoms with E-state index in [4.69, 9.17) is 0 Å². The lowest BCUT2D eigenvalue weighted by Crippen LogP contribution is -2.22. The second kappa shape index (κ2) is 8.33. The molecule has 0 heterocycles. The van der Waals surface area contributed by atoms with Gasteiger partial charge in [0.2, 0.25) is 0 Å². The number of nitrogens with zero attached hydrogens (tertiary/aromatic N) is 1. The van der Waals surface area contributed by atoms with Crippen LogP contribution in [0.25, 0.3) is 0 Å². The largest absolute Gasteiger partial charge is 0.306 e. The van der Waals surface area contributed by atoms with Crippen LogP contribution in [0.3, 0.4) is 0 Å². The van der Waals surface area contributed by atoms with Crippen LogP contribution in [0.2, 0.25) is 0 Å². The topological polar surface area (TPSA) is 20.3 Å². The lowest BCUT2D eigenvalue weighted by atomic mass is 10.1. The Morgan fingerprint density at radius 1 is 1.22 bits per heavy atom. The number of likely N-dealkylation sites (N-methyl/N-ethyl adjacent to an activating group) is 1. The molecule has 0 aromatic heterocycles. The molecule has 18 heavy (non-hydrogen) atoms. The Kier molecular flexibility index (Phi) is 7.06. The fraction of sp³-hybridized carbons (Fsp3) is 0.533. The van der Waals surface area contributed by atoms with Gasteiger partial charge in [0.05, 0.1) is 0 Å². The molecule has 0 saturated heterocycles. The van der Waals surface area contributed by atoms with Gasteiger partial charge in [0.1, 0.15) is 5.78 Å². The predicted molar refractivity (Wildman–Crippen MR) is 79.3 cm³/mol. The van der Waals surface area contributed by atoms with Gasteiger partial charge >= 0.3 is 0 Å². The molecule has 100 valence electrons. The first kappa shape index (κ1) is 15.3. The molecule has 3 heteroatoms. The summed E-state index contributed by atoms with van der Waals surface area (Å²) in [4.78, 5) is 14.5. The van der Waals surface area contributed by atoms with Crippen LogP contribution in [-0.2, 0) is 11.2 Å². The minimum absolute atomic E-state index is 0.288. The van der Waals surface area contributed by atoms with Gasteiger partial charge in [-0.05, 0) is 57.3 Å². The summed E-state index contributed by atoms with van der Waals surface area (Å²) in [5, 5.41) is 0. The van der Waals surface area contributed by atoms with Crippen LogP contribution < -0.4 is 0 Å². The zero-order chi connectivity index (χ0) is 13.4. The van der Waals surface area contributed by atoms with Crippen molar-refractivity contribution in [3.63, 3.8) is 0 Å². The molecular weight excluding hydrogens is 242 g/mol. The average molecular weight is 265 g/mol. The summed E-state index contributed by atoms with van der Waals surface area (Å²) >= 11 is 1.77. The van der Waals surface area contributed by atoms with Gasteiger partial charge in [-0.3, -0.25) is 0 Å². The van der Waals surface area contributed by atoms with E-state index in [-0.39, 0.29) is 5.78 Å². The van der Waals surface area contributed by atoms with Crippen LogP contribution in [-0.4, -0.2) is 37.1 Å². The van der Waals surface area contributed by atoms with E-state index < -0.39 is 0 Å². The average Bonchev–Trinajstić information content (AvgIpc) is 2.36. The molecular formula is C15H23NOS. The quantitative estimate of drug-likeness (QED) is 0.673. The van der Waals surface area contributed by atoms with Gasteiger partial charge < -0.3 is 9.69 Å². The van der Waals surface area contributed by atoms with Crippen LogP contribution in [0.1, 0.15) is 25.3 Å². The molecule has 1 aromatic rings. The molecule has 0 N–H and O–H groups in total. The molecule has 2 nitrogen and oxygen atoms in total. The van der Waals surface area contributed by atoms with Crippen molar-refractivity contribution in [3.8, 4) is 0 Å². The van der Waals surface area contributed by atoms with Crippen molar-refractivity contribution in [1.29, 1.82) is 0 Å². The number of hydrogen-bond donors (Lipinski definition) is 0. The summed E-state index contributed by atoms with van der Waals surface area (Å²) in [7, 11) is 2.12. The zero-order valence-electron chi connectivity index (χ0n) is 11.6. The smallest absolute Gasteiger partial charge is 0.129 e. The number of benzene rings is 1. The third-order valence-corrected chi connectivity index (χ3v) is 3.75. The fourth-order valence-corrected chi connectivity index (χ4v) is 2.23. The Hall–Kier alpha value is -0.800. The molecule has 0 spiro atoms. The van der Waals surface area contributed by atoms with Crippen molar-refractivity contribution < 1.29 is 4.79 Å². The number of carbonyl (C=O) groups is 1. The monoisotopic (exact) mass is 265 g/mol. The van der Waals surface area contributed by atoms with E-state index in [0.717, 1.165) is 25.9 Å². The molecule has 0 aliphatic heterocycles. The zero-order valence-corrected chi connectivity index (χ0v) is 12.4. The minimum atomic E-state index is 0.288. The second-order valence-corrected chi connectivity index (χ2v) is 5.59. The molecule has 1 rings (SSSR count). The molecule has 1 aromatic carbocycles. The number of carbonyl (C=O) groups excluding carboxylic acids is 1. The SMILES string of the molecule is CSc1ccc(CCN(C)CCCC(C)=O)cc1. The molecule has 0 bridgehead atoms. The molecule has 0 saturated carbocycles. The number of thioether (sulfide) groups is 1. The van der Waals surface area contributed by atoms with E-state index in [2.05, 4.69) is 42.5 Å². The van der Waals surface area contributed by atoms with E-state index in [1.807, 2.05) is 0 Å². The van der Waals surface area contributed by atoms with Crippen LogP contribution in [0.15, 0.2) is 29.2 Å². The number of hydrogen-bond acceptors (Lipinski definition) is 3. The third kappa shape index (κ3) is 6.22. The highest BCUT2D eigenvalue weighted by molar-refractivity contribution is 7.98. The molecule has 0 amide bonds. The van der Waals surface area contributed by atoms with Gasteiger partial charge in [-0.2, -0.15) is 0 Å². The summed E-state index contributed by atoms with van der Waals surface area (Å²) in [5.74, 6) is 0.288. The number of Topliss-reactive ketones (excluding diaryl/α,β-unsaturated/α-hetero) is 1. The van der Waals surface area contributed by atoms with E-state index in [9.17, 15) is 4.79 Å². The van der Waals surface area contributed by atoms with E-state index in [1.165, 1.54) is 10.5 Å². The van der Waals surface area contributed by atoms with E-state index in [0.29, 0.717) is 6.42 Å². The molecule has 0 radical (unpaired) electrons. The van der Waals surface area contributed by atoms with Crippen molar-refractivity contribution in [2.45, 2.75) is 31.1 Å². The lowest BCUT2D eigenvalue weighted by Gasteiger charge is -2.16. The maximum absolute atomic E-state index is 10.8. The van der Waals surface area contributed by atoms with E-state index >= 15 is 0 Å². The number of rotatable bonds is 8. The van der Waals surface area contributed by atoms with E-state index in [1.54, 1.807) is 18.7 Å². The molecule has 0 fully saturated rings. The highest BCUT2D eigenvalue weighted by atomic mass is 32.2. The maximum atomic E-state index is 10.8. The second-order valence-electron chi connectivity index (χ2n) is 4.71. The van der Waals surface area contributed by atoms with Gasteiger partial charge in [-0.15, -0.1) is 11.8 Å². The van der Waals surface area contributed by atoms with Crippen molar-refractivity contribution in [2.75, 3.05) is 26.4 Å². The van der Waals surface area contributed by atoms with Gasteiger partial charge in [-0.25, -0.2) is 0 Å². The minimum Gasteiger partial charge on any atom is -0.306 e. The van der Waals surface area contributed by atoms with Gasteiger partial charge in [0.15, 0.2) is 0 Å². The maximum Gasteiger partial charge on any atom is 0.129 e. The molecule has 0 aliphatic rings. The van der Waals surface area contributed by atoms with Gasteiger partial charge in [-0.1, -0.05) is 12.1 Å². The molecule has 0 aliphatic carbocycles. The van der Waals surface area contributed by atoms with Crippen LogP contribution >= 0.6 is 11.8 Å². The summed E-state index contributed by atoms with van der Waals surface area (Å²) in [6.45, 7) is 3.71. The Morgan fingerprint density at radius 2 is 1.89 bits per heavy atom. The van der Waals surface area contributed by atoms with Crippen molar-refractivity contribution >= 4 is 17.5 Å². The van der Waals surface area contributed by atoms with Crippen LogP contribution in [0, 0.1) is 0 Å². The Morgan fingerprint density at radius 3 is 2.44 bits per heavy atom. The van der Waals surface area contributed by atoms with Crippen molar-refractivity contribution in [2.24, 2.45) is 0 Å². The van der Waals surface area contributed by atoms with Crippen LogP contribution in [0.5, 0.6) is 0 Å². The third-order valence-electron chi connectivity index (χ3n) is 3.01. The highest BCUT2D eigenvalue weighted by Crippen LogP contribution is 2.15. The highest BCUT2D eigenvalue weighted by Gasteiger charge is 2.01.